The van der Waals surface area contributed by atoms with Gasteiger partial charge in [0.05, 0.1) is 20.3 Å². The van der Waals surface area contributed by atoms with E-state index >= 15 is 0 Å². The van der Waals surface area contributed by atoms with Gasteiger partial charge in [0, 0.05) is 37.4 Å². The summed E-state index contributed by atoms with van der Waals surface area (Å²) in [6.07, 6.45) is 1.76. The van der Waals surface area contributed by atoms with Gasteiger partial charge in [0.2, 0.25) is 5.91 Å². The Labute approximate surface area is 154 Å². The standard InChI is InChI=1S/C19H28N2O5/c1-6-21-13(3)16(12(2)17(21)19(24)26-5)15(22)11-20(9-10-25-4)18(23)14-7-8-14/h14H,6-11H2,1-5H3. The molecule has 0 aromatic carbocycles. The Balaban J connectivity index is 2.31. The summed E-state index contributed by atoms with van der Waals surface area (Å²) in [6.45, 7) is 6.79. The molecule has 1 saturated carbocycles. The second-order valence-corrected chi connectivity index (χ2v) is 6.62. The fraction of sp³-hybridized carbons (Fsp3) is 0.632. The first-order valence-corrected chi connectivity index (χ1v) is 8.96. The molecule has 1 aromatic rings. The molecule has 144 valence electrons. The van der Waals surface area contributed by atoms with E-state index in [1.807, 2.05) is 13.8 Å². The van der Waals surface area contributed by atoms with Gasteiger partial charge in [-0.05, 0) is 39.2 Å². The summed E-state index contributed by atoms with van der Waals surface area (Å²) in [7, 11) is 2.90. The van der Waals surface area contributed by atoms with Crippen LogP contribution in [0.2, 0.25) is 0 Å². The first-order valence-electron chi connectivity index (χ1n) is 8.96. The summed E-state index contributed by atoms with van der Waals surface area (Å²) in [6, 6.07) is 0. The smallest absolute Gasteiger partial charge is 0.354 e. The van der Waals surface area contributed by atoms with Crippen LogP contribution in [0.15, 0.2) is 0 Å². The normalized spacial score (nSPS) is 13.6. The Morgan fingerprint density at radius 3 is 2.35 bits per heavy atom. The van der Waals surface area contributed by atoms with Crippen LogP contribution in [0.4, 0.5) is 0 Å². The van der Waals surface area contributed by atoms with Gasteiger partial charge in [0.1, 0.15) is 5.69 Å². The summed E-state index contributed by atoms with van der Waals surface area (Å²) < 4.78 is 11.7. The highest BCUT2D eigenvalue weighted by molar-refractivity contribution is 6.04. The van der Waals surface area contributed by atoms with Gasteiger partial charge in [-0.15, -0.1) is 0 Å². The fourth-order valence-electron chi connectivity index (χ4n) is 3.37. The fourth-order valence-corrected chi connectivity index (χ4v) is 3.37. The van der Waals surface area contributed by atoms with Crippen molar-refractivity contribution in [3.63, 3.8) is 0 Å². The molecule has 2 rings (SSSR count). The minimum absolute atomic E-state index is 0.00524. The quantitative estimate of drug-likeness (QED) is 0.495. The molecule has 1 heterocycles. The highest BCUT2D eigenvalue weighted by Crippen LogP contribution is 2.31. The molecule has 0 saturated heterocycles. The van der Waals surface area contributed by atoms with Crippen LogP contribution in [0, 0.1) is 19.8 Å². The van der Waals surface area contributed by atoms with E-state index in [-0.39, 0.29) is 24.2 Å². The number of hydrogen-bond donors (Lipinski definition) is 0. The minimum atomic E-state index is -0.461. The number of hydrogen-bond acceptors (Lipinski definition) is 5. The van der Waals surface area contributed by atoms with Gasteiger partial charge in [-0.1, -0.05) is 0 Å². The summed E-state index contributed by atoms with van der Waals surface area (Å²) >= 11 is 0. The van der Waals surface area contributed by atoms with E-state index in [1.165, 1.54) is 7.11 Å². The molecule has 0 radical (unpaired) electrons. The third kappa shape index (κ3) is 3.98. The number of ether oxygens (including phenoxy) is 2. The maximum Gasteiger partial charge on any atom is 0.354 e. The number of esters is 1. The van der Waals surface area contributed by atoms with E-state index in [1.54, 1.807) is 23.5 Å². The maximum atomic E-state index is 13.0. The number of amides is 1. The molecule has 0 aliphatic heterocycles. The van der Waals surface area contributed by atoms with Crippen LogP contribution in [-0.4, -0.2) is 61.0 Å². The van der Waals surface area contributed by atoms with Crippen molar-refractivity contribution in [2.45, 2.75) is 40.2 Å². The van der Waals surface area contributed by atoms with Crippen LogP contribution >= 0.6 is 0 Å². The van der Waals surface area contributed by atoms with Gasteiger partial charge in [-0.3, -0.25) is 9.59 Å². The number of nitrogens with zero attached hydrogens (tertiary/aromatic N) is 2. The first kappa shape index (κ1) is 20.2. The third-order valence-electron chi connectivity index (χ3n) is 4.88. The van der Waals surface area contributed by atoms with Gasteiger partial charge >= 0.3 is 5.97 Å². The van der Waals surface area contributed by atoms with Crippen molar-refractivity contribution in [3.8, 4) is 0 Å². The summed E-state index contributed by atoms with van der Waals surface area (Å²) in [5.41, 5.74) is 2.22. The van der Waals surface area contributed by atoms with Crippen molar-refractivity contribution in [2.75, 3.05) is 33.9 Å². The Bertz CT molecular complexity index is 703. The lowest BCUT2D eigenvalue weighted by atomic mass is 10.0. The van der Waals surface area contributed by atoms with Gasteiger partial charge in [-0.2, -0.15) is 0 Å². The largest absolute Gasteiger partial charge is 0.464 e. The van der Waals surface area contributed by atoms with Gasteiger partial charge in [0.25, 0.3) is 0 Å². The molecule has 0 N–H and O–H groups in total. The van der Waals surface area contributed by atoms with Crippen LogP contribution in [-0.2, 0) is 20.8 Å². The molecular weight excluding hydrogens is 336 g/mol. The number of aromatic nitrogens is 1. The highest BCUT2D eigenvalue weighted by Gasteiger charge is 2.35. The van der Waals surface area contributed by atoms with Gasteiger partial charge < -0.3 is 18.9 Å². The predicted molar refractivity (Wildman–Crippen MR) is 96.4 cm³/mol. The SMILES string of the molecule is CCn1c(C)c(C(=O)CN(CCOC)C(=O)C2CC2)c(C)c1C(=O)OC. The number of rotatable bonds is 9. The van der Waals surface area contributed by atoms with Gasteiger partial charge in [0.15, 0.2) is 5.78 Å². The minimum Gasteiger partial charge on any atom is -0.464 e. The Morgan fingerprint density at radius 2 is 1.85 bits per heavy atom. The molecule has 26 heavy (non-hydrogen) atoms. The van der Waals surface area contributed by atoms with Crippen molar-refractivity contribution in [3.05, 3.63) is 22.5 Å². The first-order chi connectivity index (χ1) is 12.4. The zero-order chi connectivity index (χ0) is 19.4. The lowest BCUT2D eigenvalue weighted by molar-refractivity contribution is -0.132. The van der Waals surface area contributed by atoms with Crippen LogP contribution in [0.1, 0.15) is 51.9 Å². The van der Waals surface area contributed by atoms with Crippen LogP contribution in [0.25, 0.3) is 0 Å². The molecule has 1 amide bonds. The third-order valence-corrected chi connectivity index (χ3v) is 4.88. The lowest BCUT2D eigenvalue weighted by Gasteiger charge is -2.22. The van der Waals surface area contributed by atoms with Crippen LogP contribution in [0.5, 0.6) is 0 Å². The summed E-state index contributed by atoms with van der Waals surface area (Å²) in [4.78, 5) is 39.2. The number of methoxy groups -OCH3 is 2. The van der Waals surface area contributed by atoms with Gasteiger partial charge in [-0.25, -0.2) is 4.79 Å². The number of Topliss-reactive ketones (excluding diaryl/α,β-unsaturated/α-hetero) is 1. The van der Waals surface area contributed by atoms with E-state index in [0.29, 0.717) is 36.5 Å². The Hall–Kier alpha value is -2.15. The van der Waals surface area contributed by atoms with E-state index in [4.69, 9.17) is 9.47 Å². The number of carbonyl (C=O) groups is 3. The Kier molecular flexibility index (Phi) is 6.58. The zero-order valence-electron chi connectivity index (χ0n) is 16.3. The average Bonchev–Trinajstić information content (AvgIpc) is 3.43. The number of ketones is 1. The maximum absolute atomic E-state index is 13.0. The molecule has 0 atom stereocenters. The topological polar surface area (TPSA) is 77.8 Å². The highest BCUT2D eigenvalue weighted by atomic mass is 16.5. The van der Waals surface area contributed by atoms with Crippen molar-refractivity contribution in [1.29, 1.82) is 0 Å². The second kappa shape index (κ2) is 8.49. The molecule has 7 nitrogen and oxygen atoms in total. The van der Waals surface area contributed by atoms with Crippen LogP contribution in [0.3, 0.4) is 0 Å². The van der Waals surface area contributed by atoms with E-state index in [2.05, 4.69) is 0 Å². The summed E-state index contributed by atoms with van der Waals surface area (Å²) in [5.74, 6) is -0.583. The predicted octanol–water partition coefficient (Wildman–Crippen LogP) is 1.98. The number of carbonyl (C=O) groups excluding carboxylic acids is 3. The monoisotopic (exact) mass is 364 g/mol. The van der Waals surface area contributed by atoms with E-state index in [9.17, 15) is 14.4 Å². The molecule has 0 bridgehead atoms. The molecule has 1 aliphatic rings. The molecule has 7 heteroatoms. The molecule has 0 unspecified atom stereocenters. The molecular formula is C19H28N2O5. The van der Waals surface area contributed by atoms with E-state index in [0.717, 1.165) is 18.5 Å². The summed E-state index contributed by atoms with van der Waals surface area (Å²) in [5, 5.41) is 0. The van der Waals surface area contributed by atoms with Crippen molar-refractivity contribution < 1.29 is 23.9 Å². The van der Waals surface area contributed by atoms with Crippen molar-refractivity contribution >= 4 is 17.7 Å². The molecule has 1 aliphatic carbocycles. The molecule has 0 spiro atoms. The average molecular weight is 364 g/mol. The van der Waals surface area contributed by atoms with Crippen molar-refractivity contribution in [1.82, 2.24) is 9.47 Å². The van der Waals surface area contributed by atoms with Crippen molar-refractivity contribution in [2.24, 2.45) is 5.92 Å². The zero-order valence-corrected chi connectivity index (χ0v) is 16.3. The molecule has 1 aromatic heterocycles. The molecule has 1 fully saturated rings. The lowest BCUT2D eigenvalue weighted by Crippen LogP contribution is -2.39. The Morgan fingerprint density at radius 1 is 1.19 bits per heavy atom. The van der Waals surface area contributed by atoms with Crippen LogP contribution < -0.4 is 0 Å². The second-order valence-electron chi connectivity index (χ2n) is 6.62. The van der Waals surface area contributed by atoms with E-state index < -0.39 is 5.97 Å².